The van der Waals surface area contributed by atoms with E-state index in [4.69, 9.17) is 25.5 Å². The van der Waals surface area contributed by atoms with Crippen molar-refractivity contribution in [2.45, 2.75) is 19.9 Å². The largest absolute Gasteiger partial charge is 0.497 e. The second-order valence-corrected chi connectivity index (χ2v) is 9.73. The van der Waals surface area contributed by atoms with Crippen LogP contribution in [0.5, 0.6) is 5.75 Å². The van der Waals surface area contributed by atoms with Crippen LogP contribution >= 0.6 is 22.9 Å². The van der Waals surface area contributed by atoms with Gasteiger partial charge in [0.05, 0.1) is 35.6 Å². The molecule has 5 rings (SSSR count). The van der Waals surface area contributed by atoms with Gasteiger partial charge in [0.2, 0.25) is 0 Å². The molecule has 0 saturated carbocycles. The number of methoxy groups -OCH3 is 1. The molecular formula is C28H23ClN2O5S. The van der Waals surface area contributed by atoms with Gasteiger partial charge in [0.25, 0.3) is 5.56 Å². The molecule has 0 radical (unpaired) electrons. The minimum atomic E-state index is -0.693. The summed E-state index contributed by atoms with van der Waals surface area (Å²) in [6.45, 7) is 3.71. The maximum Gasteiger partial charge on any atom is 0.338 e. The van der Waals surface area contributed by atoms with Crippen molar-refractivity contribution in [3.05, 3.63) is 108 Å². The summed E-state index contributed by atoms with van der Waals surface area (Å²) in [5, 5.41) is 0.607. The van der Waals surface area contributed by atoms with Gasteiger partial charge in [0.15, 0.2) is 4.80 Å². The van der Waals surface area contributed by atoms with Crippen molar-refractivity contribution in [1.82, 2.24) is 4.57 Å². The van der Waals surface area contributed by atoms with Crippen molar-refractivity contribution in [2.24, 2.45) is 4.99 Å². The molecule has 7 nitrogen and oxygen atoms in total. The smallest absolute Gasteiger partial charge is 0.338 e. The number of halogens is 1. The van der Waals surface area contributed by atoms with Crippen LogP contribution in [0.3, 0.4) is 0 Å². The molecule has 0 amide bonds. The number of nitrogens with zero attached hydrogens (tertiary/aromatic N) is 2. The van der Waals surface area contributed by atoms with Crippen molar-refractivity contribution >= 4 is 35.0 Å². The summed E-state index contributed by atoms with van der Waals surface area (Å²) >= 11 is 7.35. The van der Waals surface area contributed by atoms with E-state index >= 15 is 0 Å². The second kappa shape index (κ2) is 10.2. The number of thiazole rings is 1. The molecule has 1 atom stereocenters. The quantitative estimate of drug-likeness (QED) is 0.334. The van der Waals surface area contributed by atoms with Gasteiger partial charge in [-0.2, -0.15) is 0 Å². The molecule has 0 saturated heterocycles. The zero-order valence-corrected chi connectivity index (χ0v) is 21.9. The van der Waals surface area contributed by atoms with E-state index in [9.17, 15) is 9.59 Å². The van der Waals surface area contributed by atoms with E-state index in [1.165, 1.54) is 11.3 Å². The molecular weight excluding hydrogens is 512 g/mol. The third kappa shape index (κ3) is 4.77. The van der Waals surface area contributed by atoms with Crippen LogP contribution in [0, 0.1) is 0 Å². The van der Waals surface area contributed by atoms with E-state index in [1.54, 1.807) is 55.9 Å². The van der Waals surface area contributed by atoms with Crippen molar-refractivity contribution in [3.63, 3.8) is 0 Å². The third-order valence-electron chi connectivity index (χ3n) is 5.96. The predicted molar refractivity (Wildman–Crippen MR) is 143 cm³/mol. The standard InChI is InChI=1S/C28H23ClN2O5S/c1-4-35-27(33)24-16(2)30-28-31(25(24)17-8-10-20(34-3)11-9-17)26(32)23(37-28)15-21-12-13-22(36-21)18-6-5-7-19(29)14-18/h5-15,25H,4H2,1-3H3/b23-15+. The number of carbonyl (C=O) groups is 1. The Morgan fingerprint density at radius 2 is 1.97 bits per heavy atom. The molecule has 0 spiro atoms. The Kier molecular flexibility index (Phi) is 6.86. The first-order chi connectivity index (χ1) is 17.9. The molecule has 2 aromatic heterocycles. The molecule has 0 bridgehead atoms. The fourth-order valence-electron chi connectivity index (χ4n) is 4.25. The highest BCUT2D eigenvalue weighted by molar-refractivity contribution is 7.07. The number of hydrogen-bond acceptors (Lipinski definition) is 7. The molecule has 37 heavy (non-hydrogen) atoms. The maximum atomic E-state index is 13.7. The van der Waals surface area contributed by atoms with Crippen LogP contribution in [0.4, 0.5) is 0 Å². The molecule has 0 N–H and O–H groups in total. The van der Waals surface area contributed by atoms with Gasteiger partial charge >= 0.3 is 5.97 Å². The van der Waals surface area contributed by atoms with Crippen molar-refractivity contribution < 1.29 is 18.7 Å². The number of ether oxygens (including phenoxy) is 2. The van der Waals surface area contributed by atoms with Gasteiger partial charge in [0.1, 0.15) is 17.3 Å². The van der Waals surface area contributed by atoms with Gasteiger partial charge in [-0.25, -0.2) is 9.79 Å². The summed E-state index contributed by atoms with van der Waals surface area (Å²) < 4.78 is 18.6. The number of aromatic nitrogens is 1. The van der Waals surface area contributed by atoms with E-state index in [1.807, 2.05) is 36.4 Å². The third-order valence-corrected chi connectivity index (χ3v) is 7.18. The van der Waals surface area contributed by atoms with Crippen LogP contribution in [0.2, 0.25) is 5.02 Å². The SMILES string of the molecule is CCOC(=O)C1=C(C)N=c2s/c(=C/c3ccc(-c4cccc(Cl)c4)o3)c(=O)n2C1c1ccc(OC)cc1. The van der Waals surface area contributed by atoms with Crippen LogP contribution in [-0.4, -0.2) is 24.3 Å². The maximum absolute atomic E-state index is 13.7. The number of allylic oxidation sites excluding steroid dienone is 1. The van der Waals surface area contributed by atoms with Crippen LogP contribution in [0.15, 0.2) is 86.1 Å². The summed E-state index contributed by atoms with van der Waals surface area (Å²) in [5.41, 5.74) is 2.13. The summed E-state index contributed by atoms with van der Waals surface area (Å²) in [5.74, 6) is 1.32. The highest BCUT2D eigenvalue weighted by atomic mass is 35.5. The summed E-state index contributed by atoms with van der Waals surface area (Å²) in [7, 11) is 1.58. The second-order valence-electron chi connectivity index (χ2n) is 8.29. The number of furan rings is 1. The summed E-state index contributed by atoms with van der Waals surface area (Å²) in [4.78, 5) is 31.8. The number of fused-ring (bicyclic) bond motifs is 1. The lowest BCUT2D eigenvalue weighted by atomic mass is 9.96. The zero-order valence-electron chi connectivity index (χ0n) is 20.4. The molecule has 0 fully saturated rings. The van der Waals surface area contributed by atoms with Crippen molar-refractivity contribution in [1.29, 1.82) is 0 Å². The van der Waals surface area contributed by atoms with Gasteiger partial charge in [0, 0.05) is 16.7 Å². The fraction of sp³-hybridized carbons (Fsp3) is 0.179. The predicted octanol–water partition coefficient (Wildman–Crippen LogP) is 4.72. The Bertz CT molecular complexity index is 1700. The Hall–Kier alpha value is -3.88. The van der Waals surface area contributed by atoms with Crippen LogP contribution in [0.25, 0.3) is 17.4 Å². The molecule has 3 heterocycles. The topological polar surface area (TPSA) is 83.0 Å². The first kappa shape index (κ1) is 24.8. The lowest BCUT2D eigenvalue weighted by molar-refractivity contribution is -0.139. The van der Waals surface area contributed by atoms with Crippen molar-refractivity contribution in [2.75, 3.05) is 13.7 Å². The molecule has 0 aliphatic carbocycles. The van der Waals surface area contributed by atoms with E-state index in [0.29, 0.717) is 42.9 Å². The number of rotatable bonds is 6. The molecule has 188 valence electrons. The molecule has 2 aromatic carbocycles. The van der Waals surface area contributed by atoms with E-state index in [-0.39, 0.29) is 12.2 Å². The average Bonchev–Trinajstić information content (AvgIpc) is 3.48. The number of benzene rings is 2. The molecule has 1 unspecified atom stereocenters. The minimum Gasteiger partial charge on any atom is -0.497 e. The Morgan fingerprint density at radius 1 is 1.19 bits per heavy atom. The van der Waals surface area contributed by atoms with E-state index in [0.717, 1.165) is 11.1 Å². The Balaban J connectivity index is 1.63. The normalized spacial score (nSPS) is 15.4. The van der Waals surface area contributed by atoms with Gasteiger partial charge in [-0.1, -0.05) is 47.2 Å². The number of hydrogen-bond donors (Lipinski definition) is 0. The number of carbonyl (C=O) groups excluding carboxylic acids is 1. The van der Waals surface area contributed by atoms with Gasteiger partial charge in [-0.15, -0.1) is 0 Å². The molecule has 4 aromatic rings. The average molecular weight is 535 g/mol. The fourth-order valence-corrected chi connectivity index (χ4v) is 5.47. The van der Waals surface area contributed by atoms with Gasteiger partial charge in [-0.3, -0.25) is 9.36 Å². The lowest BCUT2D eigenvalue weighted by Crippen LogP contribution is -2.39. The first-order valence-corrected chi connectivity index (χ1v) is 12.8. The first-order valence-electron chi connectivity index (χ1n) is 11.6. The highest BCUT2D eigenvalue weighted by Crippen LogP contribution is 2.31. The Labute approximate surface area is 221 Å². The van der Waals surface area contributed by atoms with Crippen LogP contribution in [-0.2, 0) is 9.53 Å². The van der Waals surface area contributed by atoms with Crippen LogP contribution < -0.4 is 19.6 Å². The van der Waals surface area contributed by atoms with E-state index < -0.39 is 12.0 Å². The molecule has 1 aliphatic rings. The number of esters is 1. The summed E-state index contributed by atoms with van der Waals surface area (Å²) in [6, 6.07) is 17.5. The van der Waals surface area contributed by atoms with Gasteiger partial charge < -0.3 is 13.9 Å². The lowest BCUT2D eigenvalue weighted by Gasteiger charge is -2.24. The molecule has 1 aliphatic heterocycles. The monoisotopic (exact) mass is 534 g/mol. The van der Waals surface area contributed by atoms with Gasteiger partial charge in [-0.05, 0) is 55.8 Å². The molecule has 9 heteroatoms. The highest BCUT2D eigenvalue weighted by Gasteiger charge is 2.33. The summed E-state index contributed by atoms with van der Waals surface area (Å²) in [6.07, 6.45) is 1.69. The minimum absolute atomic E-state index is 0.211. The van der Waals surface area contributed by atoms with Crippen molar-refractivity contribution in [3.8, 4) is 17.1 Å². The van der Waals surface area contributed by atoms with E-state index in [2.05, 4.69) is 4.99 Å². The zero-order chi connectivity index (χ0) is 26.1. The van der Waals surface area contributed by atoms with Crippen LogP contribution in [0.1, 0.15) is 31.2 Å². The Morgan fingerprint density at radius 3 is 2.68 bits per heavy atom.